The average Bonchev–Trinajstić information content (AvgIpc) is 2.29. The number of carbonyl (C=O) groups excluding carboxylic acids is 1. The van der Waals surface area contributed by atoms with E-state index in [1.54, 1.807) is 0 Å². The van der Waals surface area contributed by atoms with Gasteiger partial charge in [-0.05, 0) is 37.6 Å². The van der Waals surface area contributed by atoms with Gasteiger partial charge in [0.05, 0.1) is 0 Å². The van der Waals surface area contributed by atoms with Gasteiger partial charge in [-0.1, -0.05) is 18.2 Å². The maximum absolute atomic E-state index is 10.3. The Morgan fingerprint density at radius 2 is 1.87 bits per heavy atom. The first kappa shape index (κ1) is 11.5. The standard InChI is InChI=1S/C13H17NO/c1-3-14(4-2)13-10-6-5-8-12(13)9-7-11-15/h5-11H,3-4H2,1-2H3. The lowest BCUT2D eigenvalue weighted by molar-refractivity contribution is -0.104. The summed E-state index contributed by atoms with van der Waals surface area (Å²) in [5, 5.41) is 0. The zero-order valence-electron chi connectivity index (χ0n) is 9.31. The van der Waals surface area contributed by atoms with Crippen LogP contribution in [-0.2, 0) is 4.79 Å². The monoisotopic (exact) mass is 203 g/mol. The molecule has 0 heterocycles. The predicted molar refractivity (Wildman–Crippen MR) is 65.1 cm³/mol. The van der Waals surface area contributed by atoms with Gasteiger partial charge in [0, 0.05) is 18.8 Å². The second-order valence-electron chi connectivity index (χ2n) is 3.23. The molecule has 0 N–H and O–H groups in total. The SMILES string of the molecule is CCN(CC)c1ccccc1C=CC=O. The van der Waals surface area contributed by atoms with E-state index in [1.165, 1.54) is 11.8 Å². The van der Waals surface area contributed by atoms with Crippen LogP contribution in [0.4, 0.5) is 5.69 Å². The summed E-state index contributed by atoms with van der Waals surface area (Å²) in [6.07, 6.45) is 4.18. The van der Waals surface area contributed by atoms with Crippen molar-refractivity contribution in [3.8, 4) is 0 Å². The van der Waals surface area contributed by atoms with E-state index in [1.807, 2.05) is 24.3 Å². The summed E-state index contributed by atoms with van der Waals surface area (Å²) in [4.78, 5) is 12.6. The fourth-order valence-electron chi connectivity index (χ4n) is 1.62. The molecule has 0 aromatic heterocycles. The molecule has 0 aliphatic rings. The maximum Gasteiger partial charge on any atom is 0.142 e. The van der Waals surface area contributed by atoms with Gasteiger partial charge in [0.25, 0.3) is 0 Å². The summed E-state index contributed by atoms with van der Waals surface area (Å²) >= 11 is 0. The third kappa shape index (κ3) is 2.94. The molecular weight excluding hydrogens is 186 g/mol. The Kier molecular flexibility index (Phi) is 4.61. The predicted octanol–water partition coefficient (Wildman–Crippen LogP) is 2.74. The molecule has 2 nitrogen and oxygen atoms in total. The maximum atomic E-state index is 10.3. The number of nitrogens with zero attached hydrogens (tertiary/aromatic N) is 1. The Hall–Kier alpha value is -1.57. The van der Waals surface area contributed by atoms with Crippen molar-refractivity contribution in [3.05, 3.63) is 35.9 Å². The van der Waals surface area contributed by atoms with Crippen LogP contribution in [0.15, 0.2) is 30.3 Å². The Balaban J connectivity index is 3.04. The molecule has 0 saturated carbocycles. The number of allylic oxidation sites excluding steroid dienone is 1. The third-order valence-electron chi connectivity index (χ3n) is 2.40. The number of aldehydes is 1. The molecule has 0 aliphatic heterocycles. The molecule has 0 amide bonds. The number of benzene rings is 1. The number of anilines is 1. The molecule has 0 saturated heterocycles. The minimum atomic E-state index is 0.805. The summed E-state index contributed by atoms with van der Waals surface area (Å²) in [5.74, 6) is 0. The van der Waals surface area contributed by atoms with Gasteiger partial charge >= 0.3 is 0 Å². The van der Waals surface area contributed by atoms with Crippen molar-refractivity contribution >= 4 is 18.0 Å². The van der Waals surface area contributed by atoms with Crippen molar-refractivity contribution in [2.75, 3.05) is 18.0 Å². The molecule has 0 fully saturated rings. The van der Waals surface area contributed by atoms with Crippen LogP contribution in [0.3, 0.4) is 0 Å². The van der Waals surface area contributed by atoms with Gasteiger partial charge in [-0.25, -0.2) is 0 Å². The van der Waals surface area contributed by atoms with Gasteiger partial charge in [0.15, 0.2) is 0 Å². The molecule has 80 valence electrons. The van der Waals surface area contributed by atoms with E-state index in [-0.39, 0.29) is 0 Å². The lowest BCUT2D eigenvalue weighted by Crippen LogP contribution is -2.22. The van der Waals surface area contributed by atoms with Crippen LogP contribution in [0.2, 0.25) is 0 Å². The highest BCUT2D eigenvalue weighted by molar-refractivity contribution is 5.78. The Morgan fingerprint density at radius 3 is 2.47 bits per heavy atom. The van der Waals surface area contributed by atoms with E-state index in [9.17, 15) is 4.79 Å². The highest BCUT2D eigenvalue weighted by atomic mass is 16.1. The number of rotatable bonds is 5. The minimum Gasteiger partial charge on any atom is -0.372 e. The Bertz CT molecular complexity index is 340. The summed E-state index contributed by atoms with van der Waals surface area (Å²) in [6, 6.07) is 8.11. The van der Waals surface area contributed by atoms with Crippen LogP contribution in [0.5, 0.6) is 0 Å². The molecule has 0 aliphatic carbocycles. The molecule has 0 atom stereocenters. The number of carbonyl (C=O) groups is 1. The van der Waals surface area contributed by atoms with Crippen molar-refractivity contribution in [2.24, 2.45) is 0 Å². The summed E-state index contributed by atoms with van der Waals surface area (Å²) < 4.78 is 0. The normalized spacial score (nSPS) is 10.5. The zero-order chi connectivity index (χ0) is 11.1. The topological polar surface area (TPSA) is 20.3 Å². The molecule has 0 radical (unpaired) electrons. The second kappa shape index (κ2) is 6.02. The first-order valence-corrected chi connectivity index (χ1v) is 5.29. The first-order valence-electron chi connectivity index (χ1n) is 5.29. The fraction of sp³-hybridized carbons (Fsp3) is 0.308. The van der Waals surface area contributed by atoms with Gasteiger partial charge < -0.3 is 4.90 Å². The molecule has 1 aromatic carbocycles. The number of para-hydroxylation sites is 1. The van der Waals surface area contributed by atoms with Crippen LogP contribution in [-0.4, -0.2) is 19.4 Å². The van der Waals surface area contributed by atoms with Gasteiger partial charge in [0.1, 0.15) is 6.29 Å². The zero-order valence-corrected chi connectivity index (χ0v) is 9.31. The molecule has 1 aromatic rings. The van der Waals surface area contributed by atoms with E-state index in [0.29, 0.717) is 0 Å². The summed E-state index contributed by atoms with van der Waals surface area (Å²) in [5.41, 5.74) is 2.27. The highest BCUT2D eigenvalue weighted by Crippen LogP contribution is 2.21. The van der Waals surface area contributed by atoms with Crippen LogP contribution < -0.4 is 4.90 Å². The van der Waals surface area contributed by atoms with E-state index in [2.05, 4.69) is 24.8 Å². The van der Waals surface area contributed by atoms with Gasteiger partial charge in [-0.15, -0.1) is 0 Å². The summed E-state index contributed by atoms with van der Waals surface area (Å²) in [7, 11) is 0. The minimum absolute atomic E-state index is 0.805. The van der Waals surface area contributed by atoms with Crippen molar-refractivity contribution in [2.45, 2.75) is 13.8 Å². The summed E-state index contributed by atoms with van der Waals surface area (Å²) in [6.45, 7) is 6.21. The van der Waals surface area contributed by atoms with Crippen LogP contribution in [0.1, 0.15) is 19.4 Å². The molecule has 15 heavy (non-hydrogen) atoms. The van der Waals surface area contributed by atoms with Crippen LogP contribution in [0.25, 0.3) is 6.08 Å². The number of hydrogen-bond acceptors (Lipinski definition) is 2. The lowest BCUT2D eigenvalue weighted by Gasteiger charge is -2.22. The van der Waals surface area contributed by atoms with Crippen molar-refractivity contribution in [3.63, 3.8) is 0 Å². The Labute approximate surface area is 91.2 Å². The molecule has 2 heteroatoms. The lowest BCUT2D eigenvalue weighted by atomic mass is 10.1. The van der Waals surface area contributed by atoms with Crippen LogP contribution in [0, 0.1) is 0 Å². The smallest absolute Gasteiger partial charge is 0.142 e. The van der Waals surface area contributed by atoms with Crippen LogP contribution >= 0.6 is 0 Å². The number of hydrogen-bond donors (Lipinski definition) is 0. The van der Waals surface area contributed by atoms with Crippen molar-refractivity contribution in [1.82, 2.24) is 0 Å². The molecule has 1 rings (SSSR count). The highest BCUT2D eigenvalue weighted by Gasteiger charge is 2.04. The largest absolute Gasteiger partial charge is 0.372 e. The molecule has 0 spiro atoms. The molecule has 0 bridgehead atoms. The van der Waals surface area contributed by atoms with E-state index in [4.69, 9.17) is 0 Å². The second-order valence-corrected chi connectivity index (χ2v) is 3.23. The van der Waals surface area contributed by atoms with E-state index in [0.717, 1.165) is 24.9 Å². The molecule has 0 unspecified atom stereocenters. The van der Waals surface area contributed by atoms with Crippen molar-refractivity contribution < 1.29 is 4.79 Å². The first-order chi connectivity index (χ1) is 7.33. The van der Waals surface area contributed by atoms with E-state index >= 15 is 0 Å². The Morgan fingerprint density at radius 1 is 1.20 bits per heavy atom. The van der Waals surface area contributed by atoms with Gasteiger partial charge in [-0.3, -0.25) is 4.79 Å². The average molecular weight is 203 g/mol. The van der Waals surface area contributed by atoms with Crippen molar-refractivity contribution in [1.29, 1.82) is 0 Å². The van der Waals surface area contributed by atoms with E-state index < -0.39 is 0 Å². The quantitative estimate of drug-likeness (QED) is 0.541. The van der Waals surface area contributed by atoms with Gasteiger partial charge in [-0.2, -0.15) is 0 Å². The van der Waals surface area contributed by atoms with Gasteiger partial charge in [0.2, 0.25) is 0 Å². The molecular formula is C13H17NO. The fourth-order valence-corrected chi connectivity index (χ4v) is 1.62. The third-order valence-corrected chi connectivity index (χ3v) is 2.40.